The fraction of sp³-hybridized carbons (Fsp3) is 0.250. The van der Waals surface area contributed by atoms with E-state index >= 15 is 0 Å². The number of aromatic amines is 1. The second kappa shape index (κ2) is 4.37. The molecular formula is C12H14N4O. The first-order valence-corrected chi connectivity index (χ1v) is 5.45. The van der Waals surface area contributed by atoms with Crippen LogP contribution in [0.5, 0.6) is 0 Å². The van der Waals surface area contributed by atoms with Gasteiger partial charge in [0.2, 0.25) is 0 Å². The zero-order chi connectivity index (χ0) is 12.4. The smallest absolute Gasteiger partial charge is 0.347 e. The molecule has 0 radical (unpaired) electrons. The minimum atomic E-state index is -0.450. The van der Waals surface area contributed by atoms with Gasteiger partial charge in [0.1, 0.15) is 5.82 Å². The number of H-pyrrole nitrogens is 1. The number of aryl methyl sites for hydroxylation is 1. The maximum Gasteiger partial charge on any atom is 0.347 e. The standard InChI is InChI=1S/C12H14N4O/c1-3-6-14-9-7(2)4-5-8-10(9)15-12(17)16-11(8)13/h4-6H,3H2,1-2H3,(H3,13,15,16,17). The monoisotopic (exact) mass is 230 g/mol. The molecule has 2 rings (SSSR count). The minimum absolute atomic E-state index is 0.233. The first-order valence-electron chi connectivity index (χ1n) is 5.45. The van der Waals surface area contributed by atoms with Gasteiger partial charge in [-0.2, -0.15) is 4.98 Å². The van der Waals surface area contributed by atoms with E-state index in [1.165, 1.54) is 0 Å². The van der Waals surface area contributed by atoms with Crippen LogP contribution in [0.25, 0.3) is 10.9 Å². The zero-order valence-electron chi connectivity index (χ0n) is 9.82. The Kier molecular flexibility index (Phi) is 2.91. The van der Waals surface area contributed by atoms with E-state index in [2.05, 4.69) is 15.0 Å². The van der Waals surface area contributed by atoms with Gasteiger partial charge in [0.25, 0.3) is 0 Å². The van der Waals surface area contributed by atoms with Crippen LogP contribution < -0.4 is 11.4 Å². The number of benzene rings is 1. The summed E-state index contributed by atoms with van der Waals surface area (Å²) in [6.07, 6.45) is 2.64. The van der Waals surface area contributed by atoms with Crippen LogP contribution in [0.2, 0.25) is 0 Å². The van der Waals surface area contributed by atoms with E-state index in [1.807, 2.05) is 26.0 Å². The Balaban J connectivity index is 2.84. The Morgan fingerprint density at radius 3 is 3.00 bits per heavy atom. The van der Waals surface area contributed by atoms with Gasteiger partial charge >= 0.3 is 5.69 Å². The normalized spacial score (nSPS) is 11.4. The Bertz CT molecular complexity index is 643. The molecule has 17 heavy (non-hydrogen) atoms. The third-order valence-electron chi connectivity index (χ3n) is 2.51. The number of nitrogens with one attached hydrogen (secondary N) is 1. The predicted octanol–water partition coefficient (Wildman–Crippen LogP) is 1.93. The number of nitrogens with two attached hydrogens (primary N) is 1. The van der Waals surface area contributed by atoms with E-state index in [4.69, 9.17) is 5.73 Å². The highest BCUT2D eigenvalue weighted by atomic mass is 16.1. The first kappa shape index (κ1) is 11.3. The average molecular weight is 230 g/mol. The quantitative estimate of drug-likeness (QED) is 0.773. The average Bonchev–Trinajstić information content (AvgIpc) is 2.27. The van der Waals surface area contributed by atoms with Crippen molar-refractivity contribution in [2.45, 2.75) is 20.3 Å². The van der Waals surface area contributed by atoms with Crippen molar-refractivity contribution < 1.29 is 0 Å². The summed E-state index contributed by atoms with van der Waals surface area (Å²) in [5.74, 6) is 0.233. The second-order valence-corrected chi connectivity index (χ2v) is 3.80. The Morgan fingerprint density at radius 2 is 2.29 bits per heavy atom. The van der Waals surface area contributed by atoms with Crippen LogP contribution >= 0.6 is 0 Å². The van der Waals surface area contributed by atoms with Gasteiger partial charge < -0.3 is 10.7 Å². The molecule has 0 unspecified atom stereocenters. The van der Waals surface area contributed by atoms with Gasteiger partial charge in [-0.3, -0.25) is 4.99 Å². The molecule has 0 saturated heterocycles. The van der Waals surface area contributed by atoms with Gasteiger partial charge in [-0.15, -0.1) is 0 Å². The molecule has 1 aromatic carbocycles. The fourth-order valence-electron chi connectivity index (χ4n) is 1.69. The second-order valence-electron chi connectivity index (χ2n) is 3.80. The van der Waals surface area contributed by atoms with Crippen LogP contribution in [-0.2, 0) is 0 Å². The van der Waals surface area contributed by atoms with Crippen LogP contribution in [0.4, 0.5) is 11.5 Å². The van der Waals surface area contributed by atoms with Gasteiger partial charge in [-0.1, -0.05) is 13.0 Å². The molecule has 1 heterocycles. The van der Waals surface area contributed by atoms with Crippen molar-refractivity contribution in [3.8, 4) is 0 Å². The van der Waals surface area contributed by atoms with Crippen LogP contribution in [0.1, 0.15) is 18.9 Å². The number of rotatable bonds is 2. The molecule has 0 aliphatic heterocycles. The lowest BCUT2D eigenvalue weighted by Crippen LogP contribution is -2.12. The fourth-order valence-corrected chi connectivity index (χ4v) is 1.69. The molecule has 88 valence electrons. The number of fused-ring (bicyclic) bond motifs is 1. The number of nitrogens with zero attached hydrogens (tertiary/aromatic N) is 2. The molecule has 0 fully saturated rings. The molecule has 3 N–H and O–H groups in total. The van der Waals surface area contributed by atoms with E-state index in [0.717, 1.165) is 23.1 Å². The van der Waals surface area contributed by atoms with Crippen LogP contribution in [-0.4, -0.2) is 16.2 Å². The van der Waals surface area contributed by atoms with E-state index in [9.17, 15) is 4.79 Å². The van der Waals surface area contributed by atoms with Gasteiger partial charge in [0, 0.05) is 11.6 Å². The molecular weight excluding hydrogens is 216 g/mol. The minimum Gasteiger partial charge on any atom is -0.383 e. The maximum atomic E-state index is 11.3. The lowest BCUT2D eigenvalue weighted by molar-refractivity contribution is 1.12. The summed E-state index contributed by atoms with van der Waals surface area (Å²) in [5, 5.41) is 0.721. The summed E-state index contributed by atoms with van der Waals surface area (Å²) in [6.45, 7) is 3.94. The van der Waals surface area contributed by atoms with Crippen LogP contribution in [0.3, 0.4) is 0 Å². The largest absolute Gasteiger partial charge is 0.383 e. The van der Waals surface area contributed by atoms with E-state index < -0.39 is 5.69 Å². The summed E-state index contributed by atoms with van der Waals surface area (Å²) >= 11 is 0. The molecule has 2 aromatic rings. The Labute approximate surface area is 98.4 Å². The van der Waals surface area contributed by atoms with E-state index in [-0.39, 0.29) is 5.82 Å². The number of hydrogen-bond donors (Lipinski definition) is 2. The number of nitrogen functional groups attached to an aromatic ring is 1. The number of anilines is 1. The van der Waals surface area contributed by atoms with Gasteiger partial charge in [0.15, 0.2) is 0 Å². The highest BCUT2D eigenvalue weighted by Gasteiger charge is 2.08. The Hall–Kier alpha value is -2.17. The molecule has 0 aliphatic carbocycles. The summed E-state index contributed by atoms with van der Waals surface area (Å²) in [7, 11) is 0. The number of hydrogen-bond acceptors (Lipinski definition) is 4. The SMILES string of the molecule is CCC=Nc1c(C)ccc2c(N)nc(=O)[nH]c12. The predicted molar refractivity (Wildman–Crippen MR) is 70.0 cm³/mol. The zero-order valence-corrected chi connectivity index (χ0v) is 9.82. The van der Waals surface area contributed by atoms with E-state index in [0.29, 0.717) is 5.52 Å². The lowest BCUT2D eigenvalue weighted by atomic mass is 10.1. The van der Waals surface area contributed by atoms with Gasteiger partial charge in [-0.25, -0.2) is 4.79 Å². The molecule has 0 atom stereocenters. The lowest BCUT2D eigenvalue weighted by Gasteiger charge is -2.06. The van der Waals surface area contributed by atoms with Crippen LogP contribution in [0, 0.1) is 6.92 Å². The molecule has 5 nitrogen and oxygen atoms in total. The molecule has 1 aromatic heterocycles. The molecule has 0 spiro atoms. The summed E-state index contributed by atoms with van der Waals surface area (Å²) in [5.41, 5.74) is 7.65. The van der Waals surface area contributed by atoms with Crippen molar-refractivity contribution in [1.82, 2.24) is 9.97 Å². The van der Waals surface area contributed by atoms with Crippen LogP contribution in [0.15, 0.2) is 21.9 Å². The van der Waals surface area contributed by atoms with Crippen molar-refractivity contribution in [2.24, 2.45) is 4.99 Å². The number of aromatic nitrogens is 2. The van der Waals surface area contributed by atoms with Gasteiger partial charge in [0.05, 0.1) is 11.2 Å². The van der Waals surface area contributed by atoms with Crippen molar-refractivity contribution in [2.75, 3.05) is 5.73 Å². The van der Waals surface area contributed by atoms with Crippen molar-refractivity contribution >= 4 is 28.6 Å². The highest BCUT2D eigenvalue weighted by molar-refractivity contribution is 5.97. The topological polar surface area (TPSA) is 84.1 Å². The number of aliphatic imine (C=N–C) groups is 1. The van der Waals surface area contributed by atoms with E-state index in [1.54, 1.807) is 6.21 Å². The molecule has 0 amide bonds. The van der Waals surface area contributed by atoms with Crippen molar-refractivity contribution in [3.05, 3.63) is 28.2 Å². The summed E-state index contributed by atoms with van der Waals surface area (Å²) < 4.78 is 0. The van der Waals surface area contributed by atoms with Gasteiger partial charge in [-0.05, 0) is 25.0 Å². The maximum absolute atomic E-state index is 11.3. The van der Waals surface area contributed by atoms with Crippen molar-refractivity contribution in [3.63, 3.8) is 0 Å². The Morgan fingerprint density at radius 1 is 1.53 bits per heavy atom. The summed E-state index contributed by atoms with van der Waals surface area (Å²) in [4.78, 5) is 22.1. The molecule has 0 saturated carbocycles. The third kappa shape index (κ3) is 2.04. The molecule has 5 heteroatoms. The summed E-state index contributed by atoms with van der Waals surface area (Å²) in [6, 6.07) is 3.76. The third-order valence-corrected chi connectivity index (χ3v) is 2.51. The first-order chi connectivity index (χ1) is 8.13. The molecule has 0 aliphatic rings. The highest BCUT2D eigenvalue weighted by Crippen LogP contribution is 2.29. The van der Waals surface area contributed by atoms with Crippen molar-refractivity contribution in [1.29, 1.82) is 0 Å². The molecule has 0 bridgehead atoms.